The molecule has 1 aromatic rings. The monoisotopic (exact) mass is 338 g/mol. The summed E-state index contributed by atoms with van der Waals surface area (Å²) in [7, 11) is 0. The largest absolute Gasteiger partial charge is 0.444 e. The highest BCUT2D eigenvalue weighted by Crippen LogP contribution is 2.20. The van der Waals surface area contributed by atoms with Gasteiger partial charge in [0.15, 0.2) is 0 Å². The number of hydrogen-bond acceptors (Lipinski definition) is 4. The molecule has 5 nitrogen and oxygen atoms in total. The fourth-order valence-electron chi connectivity index (χ4n) is 2.82. The maximum absolute atomic E-state index is 13.7. The van der Waals surface area contributed by atoms with Crippen LogP contribution in [0.15, 0.2) is 24.3 Å². The van der Waals surface area contributed by atoms with Crippen molar-refractivity contribution in [1.29, 1.82) is 0 Å². The van der Waals surface area contributed by atoms with Gasteiger partial charge in [0.2, 0.25) is 0 Å². The van der Waals surface area contributed by atoms with Crippen LogP contribution in [0, 0.1) is 5.82 Å². The predicted molar refractivity (Wildman–Crippen MR) is 90.2 cm³/mol. The summed E-state index contributed by atoms with van der Waals surface area (Å²) in [5, 5.41) is 13.1. The van der Waals surface area contributed by atoms with Gasteiger partial charge < -0.3 is 20.1 Å². The molecule has 1 saturated heterocycles. The molecule has 1 unspecified atom stereocenters. The zero-order valence-corrected chi connectivity index (χ0v) is 14.6. The molecule has 1 aromatic carbocycles. The average Bonchev–Trinajstić information content (AvgIpc) is 2.47. The van der Waals surface area contributed by atoms with Crippen LogP contribution in [0.2, 0.25) is 0 Å². The highest BCUT2D eigenvalue weighted by Gasteiger charge is 2.25. The van der Waals surface area contributed by atoms with Gasteiger partial charge in [0.25, 0.3) is 0 Å². The maximum Gasteiger partial charge on any atom is 0.407 e. The number of alkyl carbamates (subject to hydrolysis) is 1. The Balaban J connectivity index is 1.77. The van der Waals surface area contributed by atoms with Crippen LogP contribution in [0.25, 0.3) is 0 Å². The second-order valence-corrected chi connectivity index (χ2v) is 7.26. The highest BCUT2D eigenvalue weighted by atomic mass is 19.1. The molecule has 0 saturated carbocycles. The van der Waals surface area contributed by atoms with Crippen molar-refractivity contribution in [2.24, 2.45) is 0 Å². The Kier molecular flexibility index (Phi) is 6.18. The highest BCUT2D eigenvalue weighted by molar-refractivity contribution is 5.68. The van der Waals surface area contributed by atoms with Gasteiger partial charge in [0.05, 0.1) is 6.10 Å². The SMILES string of the molecule is CC(C)(C)OC(=O)NC1CCN(CC(O)c2ccccc2F)CC1. The Morgan fingerprint density at radius 3 is 2.58 bits per heavy atom. The van der Waals surface area contributed by atoms with E-state index in [0.29, 0.717) is 12.1 Å². The second-order valence-electron chi connectivity index (χ2n) is 7.26. The number of aliphatic hydroxyl groups is 1. The molecule has 134 valence electrons. The number of hydrogen-bond donors (Lipinski definition) is 2. The molecule has 0 aromatic heterocycles. The second kappa shape index (κ2) is 7.94. The predicted octanol–water partition coefficient (Wildman–Crippen LogP) is 2.85. The van der Waals surface area contributed by atoms with E-state index in [2.05, 4.69) is 10.2 Å². The van der Waals surface area contributed by atoms with Crippen molar-refractivity contribution in [3.05, 3.63) is 35.6 Å². The first-order valence-corrected chi connectivity index (χ1v) is 8.39. The van der Waals surface area contributed by atoms with E-state index in [4.69, 9.17) is 4.74 Å². The van der Waals surface area contributed by atoms with Crippen molar-refractivity contribution in [1.82, 2.24) is 10.2 Å². The third-order valence-corrected chi connectivity index (χ3v) is 4.00. The van der Waals surface area contributed by atoms with Crippen molar-refractivity contribution in [2.45, 2.75) is 51.4 Å². The minimum atomic E-state index is -0.846. The quantitative estimate of drug-likeness (QED) is 0.886. The van der Waals surface area contributed by atoms with Crippen LogP contribution >= 0.6 is 0 Å². The van der Waals surface area contributed by atoms with Crippen molar-refractivity contribution >= 4 is 6.09 Å². The number of benzene rings is 1. The van der Waals surface area contributed by atoms with E-state index in [1.165, 1.54) is 6.07 Å². The zero-order chi connectivity index (χ0) is 17.7. The smallest absolute Gasteiger partial charge is 0.407 e. The van der Waals surface area contributed by atoms with Gasteiger partial charge in [-0.1, -0.05) is 18.2 Å². The van der Waals surface area contributed by atoms with Crippen molar-refractivity contribution in [2.75, 3.05) is 19.6 Å². The Hall–Kier alpha value is -1.66. The number of nitrogens with zero attached hydrogens (tertiary/aromatic N) is 1. The molecular formula is C18H27FN2O3. The van der Waals surface area contributed by atoms with Gasteiger partial charge in [-0.25, -0.2) is 9.18 Å². The lowest BCUT2D eigenvalue weighted by molar-refractivity contribution is 0.0457. The summed E-state index contributed by atoms with van der Waals surface area (Å²) in [5.41, 5.74) is -0.180. The maximum atomic E-state index is 13.7. The number of likely N-dealkylation sites (tertiary alicyclic amines) is 1. The summed E-state index contributed by atoms with van der Waals surface area (Å²) in [6, 6.07) is 6.37. The molecule has 0 radical (unpaired) electrons. The molecular weight excluding hydrogens is 311 g/mol. The first kappa shape index (κ1) is 18.7. The number of halogens is 1. The molecule has 1 atom stereocenters. The summed E-state index contributed by atoms with van der Waals surface area (Å²) in [6.07, 6.45) is 0.320. The number of nitrogens with one attached hydrogen (secondary N) is 1. The van der Waals surface area contributed by atoms with Crippen molar-refractivity contribution in [3.63, 3.8) is 0 Å². The third-order valence-electron chi connectivity index (χ3n) is 4.00. The minimum Gasteiger partial charge on any atom is -0.444 e. The fraction of sp³-hybridized carbons (Fsp3) is 0.611. The van der Waals surface area contributed by atoms with Crippen molar-refractivity contribution in [3.8, 4) is 0 Å². The lowest BCUT2D eigenvalue weighted by Gasteiger charge is -2.33. The van der Waals surface area contributed by atoms with Crippen LogP contribution in [0.4, 0.5) is 9.18 Å². The van der Waals surface area contributed by atoms with Crippen LogP contribution in [0.5, 0.6) is 0 Å². The fourth-order valence-corrected chi connectivity index (χ4v) is 2.82. The molecule has 6 heteroatoms. The Morgan fingerprint density at radius 2 is 2.00 bits per heavy atom. The Morgan fingerprint density at radius 1 is 1.38 bits per heavy atom. The normalized spacial score (nSPS) is 18.2. The first-order chi connectivity index (χ1) is 11.2. The Labute approximate surface area is 142 Å². The van der Waals surface area contributed by atoms with Gasteiger partial charge in [0.1, 0.15) is 11.4 Å². The Bertz CT molecular complexity index is 551. The molecule has 24 heavy (non-hydrogen) atoms. The summed E-state index contributed by atoms with van der Waals surface area (Å²) in [6.45, 7) is 7.37. The van der Waals surface area contributed by atoms with Crippen LogP contribution in [0.3, 0.4) is 0 Å². The lowest BCUT2D eigenvalue weighted by atomic mass is 10.0. The van der Waals surface area contributed by atoms with Crippen LogP contribution in [0.1, 0.15) is 45.3 Å². The number of amides is 1. The summed E-state index contributed by atoms with van der Waals surface area (Å²) < 4.78 is 19.0. The van der Waals surface area contributed by atoms with E-state index in [1.54, 1.807) is 18.2 Å². The molecule has 1 heterocycles. The van der Waals surface area contributed by atoms with E-state index in [0.717, 1.165) is 25.9 Å². The molecule has 1 aliphatic heterocycles. The topological polar surface area (TPSA) is 61.8 Å². The molecule has 0 aliphatic carbocycles. The third kappa shape index (κ3) is 5.76. The number of rotatable bonds is 4. The minimum absolute atomic E-state index is 0.0710. The number of ether oxygens (including phenoxy) is 1. The number of carbonyl (C=O) groups excluding carboxylic acids is 1. The standard InChI is InChI=1S/C18H27FN2O3/c1-18(2,3)24-17(23)20-13-8-10-21(11-9-13)12-16(22)14-6-4-5-7-15(14)19/h4-7,13,16,22H,8-12H2,1-3H3,(H,20,23). The van der Waals surface area contributed by atoms with Gasteiger partial charge in [-0.3, -0.25) is 0 Å². The van der Waals surface area contributed by atoms with Crippen LogP contribution in [-0.4, -0.2) is 47.4 Å². The van der Waals surface area contributed by atoms with Gasteiger partial charge in [-0.15, -0.1) is 0 Å². The molecule has 0 bridgehead atoms. The first-order valence-electron chi connectivity index (χ1n) is 8.39. The van der Waals surface area contributed by atoms with E-state index in [9.17, 15) is 14.3 Å². The van der Waals surface area contributed by atoms with Crippen LogP contribution < -0.4 is 5.32 Å². The summed E-state index contributed by atoms with van der Waals surface area (Å²) in [5.74, 6) is -0.383. The summed E-state index contributed by atoms with van der Waals surface area (Å²) in [4.78, 5) is 13.9. The van der Waals surface area contributed by atoms with Gasteiger partial charge in [-0.2, -0.15) is 0 Å². The summed E-state index contributed by atoms with van der Waals surface area (Å²) >= 11 is 0. The van der Waals surface area contributed by atoms with E-state index in [1.807, 2.05) is 20.8 Å². The number of β-amino-alcohol motifs (C(OH)–C–C–N with tert-alkyl or cyclic N) is 1. The molecule has 2 N–H and O–H groups in total. The van der Waals surface area contributed by atoms with E-state index < -0.39 is 17.8 Å². The molecule has 1 aliphatic rings. The lowest BCUT2D eigenvalue weighted by Crippen LogP contribution is -2.46. The van der Waals surface area contributed by atoms with Gasteiger partial charge in [-0.05, 0) is 39.7 Å². The molecule has 1 amide bonds. The van der Waals surface area contributed by atoms with Crippen LogP contribution in [-0.2, 0) is 4.74 Å². The van der Waals surface area contributed by atoms with E-state index >= 15 is 0 Å². The van der Waals surface area contributed by atoms with Crippen molar-refractivity contribution < 1.29 is 19.0 Å². The molecule has 2 rings (SSSR count). The zero-order valence-electron chi connectivity index (χ0n) is 14.6. The molecule has 0 spiro atoms. The number of carbonyl (C=O) groups is 1. The molecule has 1 fully saturated rings. The number of aliphatic hydroxyl groups excluding tert-OH is 1. The van der Waals surface area contributed by atoms with E-state index in [-0.39, 0.29) is 11.9 Å². The van der Waals surface area contributed by atoms with Gasteiger partial charge >= 0.3 is 6.09 Å². The van der Waals surface area contributed by atoms with Gasteiger partial charge in [0, 0.05) is 31.2 Å². The average molecular weight is 338 g/mol. The number of piperidine rings is 1.